The van der Waals surface area contributed by atoms with E-state index in [1.807, 2.05) is 6.07 Å². The van der Waals surface area contributed by atoms with Crippen LogP contribution >= 0.6 is 0 Å². The molecule has 0 atom stereocenters. The molecule has 1 rings (SSSR count). The summed E-state index contributed by atoms with van der Waals surface area (Å²) >= 11 is 0. The van der Waals surface area contributed by atoms with Crippen molar-refractivity contribution in [3.63, 3.8) is 0 Å². The molecule has 4 heteroatoms. The summed E-state index contributed by atoms with van der Waals surface area (Å²) in [5, 5.41) is 10.8. The first kappa shape index (κ1) is 8.02. The zero-order valence-electron chi connectivity index (χ0n) is 6.26. The molecule has 1 fully saturated rings. The van der Waals surface area contributed by atoms with E-state index in [1.165, 1.54) is 0 Å². The van der Waals surface area contributed by atoms with E-state index in [1.54, 1.807) is 0 Å². The van der Waals surface area contributed by atoms with E-state index in [0.29, 0.717) is 13.0 Å². The topological polar surface area (TPSA) is 78.9 Å². The van der Waals surface area contributed by atoms with Crippen molar-refractivity contribution in [2.45, 2.75) is 24.8 Å². The maximum Gasteiger partial charge on any atom is 0.240 e. The van der Waals surface area contributed by atoms with Crippen LogP contribution in [0.1, 0.15) is 19.3 Å². The zero-order valence-corrected chi connectivity index (χ0v) is 6.26. The van der Waals surface area contributed by atoms with Crippen LogP contribution in [0.3, 0.4) is 0 Å². The Morgan fingerprint density at radius 2 is 2.36 bits per heavy atom. The quantitative estimate of drug-likeness (QED) is 0.537. The highest BCUT2D eigenvalue weighted by Gasteiger charge is 2.45. The van der Waals surface area contributed by atoms with Gasteiger partial charge in [0.1, 0.15) is 0 Å². The summed E-state index contributed by atoms with van der Waals surface area (Å²) in [5.74, 6) is -0.118. The molecule has 0 aliphatic heterocycles. The van der Waals surface area contributed by atoms with Gasteiger partial charge in [0.2, 0.25) is 5.91 Å². The van der Waals surface area contributed by atoms with Crippen LogP contribution in [0.4, 0.5) is 0 Å². The minimum absolute atomic E-state index is 0.118. The van der Waals surface area contributed by atoms with E-state index >= 15 is 0 Å². The molecule has 0 radical (unpaired) electrons. The normalized spacial score (nSPS) is 18.5. The Morgan fingerprint density at radius 3 is 2.82 bits per heavy atom. The predicted octanol–water partition coefficient (Wildman–Crippen LogP) is -0.492. The Balaban J connectivity index is 2.18. The smallest absolute Gasteiger partial charge is 0.240 e. The Labute approximate surface area is 65.4 Å². The Kier molecular flexibility index (Phi) is 2.11. The molecule has 0 aromatic heterocycles. The van der Waals surface area contributed by atoms with Crippen molar-refractivity contribution in [1.82, 2.24) is 5.32 Å². The second-order valence-electron chi connectivity index (χ2n) is 2.82. The van der Waals surface area contributed by atoms with Crippen molar-refractivity contribution in [2.75, 3.05) is 6.54 Å². The van der Waals surface area contributed by atoms with Gasteiger partial charge in [-0.05, 0) is 12.8 Å². The number of nitriles is 1. The van der Waals surface area contributed by atoms with Crippen molar-refractivity contribution in [2.24, 2.45) is 5.73 Å². The number of carbonyl (C=O) groups is 1. The molecule has 0 aromatic carbocycles. The minimum atomic E-state index is -0.602. The van der Waals surface area contributed by atoms with E-state index in [2.05, 4.69) is 5.32 Å². The molecule has 0 heterocycles. The van der Waals surface area contributed by atoms with Gasteiger partial charge in [-0.25, -0.2) is 0 Å². The van der Waals surface area contributed by atoms with Crippen LogP contribution in [0.2, 0.25) is 0 Å². The van der Waals surface area contributed by atoms with Crippen molar-refractivity contribution in [3.05, 3.63) is 0 Å². The van der Waals surface area contributed by atoms with E-state index < -0.39 is 5.54 Å². The second kappa shape index (κ2) is 2.89. The van der Waals surface area contributed by atoms with Gasteiger partial charge in [-0.2, -0.15) is 5.26 Å². The zero-order chi connectivity index (χ0) is 8.32. The fourth-order valence-corrected chi connectivity index (χ4v) is 0.770. The molecule has 11 heavy (non-hydrogen) atoms. The molecule has 1 amide bonds. The van der Waals surface area contributed by atoms with Crippen molar-refractivity contribution in [3.8, 4) is 6.07 Å². The van der Waals surface area contributed by atoms with Crippen molar-refractivity contribution < 1.29 is 4.79 Å². The van der Waals surface area contributed by atoms with E-state index in [-0.39, 0.29) is 5.91 Å². The third-order valence-electron chi connectivity index (χ3n) is 1.76. The Morgan fingerprint density at radius 1 is 1.73 bits per heavy atom. The number of nitrogens with zero attached hydrogens (tertiary/aromatic N) is 1. The van der Waals surface area contributed by atoms with Crippen LogP contribution in [0.15, 0.2) is 0 Å². The maximum atomic E-state index is 11.1. The highest BCUT2D eigenvalue weighted by atomic mass is 16.2. The van der Waals surface area contributed by atoms with Gasteiger partial charge in [-0.15, -0.1) is 0 Å². The van der Waals surface area contributed by atoms with E-state index in [9.17, 15) is 4.79 Å². The first-order chi connectivity index (χ1) is 5.19. The van der Waals surface area contributed by atoms with Gasteiger partial charge in [0.05, 0.1) is 18.0 Å². The minimum Gasteiger partial charge on any atom is -0.353 e. The molecule has 1 saturated carbocycles. The lowest BCUT2D eigenvalue weighted by atomic mass is 10.3. The van der Waals surface area contributed by atoms with Crippen LogP contribution in [-0.2, 0) is 4.79 Å². The second-order valence-corrected chi connectivity index (χ2v) is 2.82. The van der Waals surface area contributed by atoms with Crippen LogP contribution in [-0.4, -0.2) is 18.0 Å². The summed E-state index contributed by atoms with van der Waals surface area (Å²) in [6.07, 6.45) is 1.89. The molecule has 1 aliphatic carbocycles. The van der Waals surface area contributed by atoms with Crippen LogP contribution in [0, 0.1) is 11.3 Å². The number of nitrogens with one attached hydrogen (secondary N) is 1. The summed E-state index contributed by atoms with van der Waals surface area (Å²) in [6.45, 7) is 0.411. The van der Waals surface area contributed by atoms with Crippen molar-refractivity contribution >= 4 is 5.91 Å². The Hall–Kier alpha value is -1.08. The van der Waals surface area contributed by atoms with Gasteiger partial charge in [0, 0.05) is 6.54 Å². The highest BCUT2D eigenvalue weighted by molar-refractivity contribution is 5.88. The molecule has 0 spiro atoms. The standard InChI is InChI=1S/C7H11N3O/c8-4-1-5-10-6(11)7(9)2-3-7/h1-3,5,9H2,(H,10,11). The van der Waals surface area contributed by atoms with Gasteiger partial charge in [-0.3, -0.25) is 4.79 Å². The number of carbonyl (C=O) groups excluding carboxylic acids is 1. The first-order valence-corrected chi connectivity index (χ1v) is 3.63. The molecule has 3 N–H and O–H groups in total. The summed E-state index contributed by atoms with van der Waals surface area (Å²) in [7, 11) is 0. The molecule has 4 nitrogen and oxygen atoms in total. The van der Waals surface area contributed by atoms with Gasteiger partial charge >= 0.3 is 0 Å². The highest BCUT2D eigenvalue weighted by Crippen LogP contribution is 2.31. The SMILES string of the molecule is N#CCCNC(=O)C1(N)CC1. The molecule has 0 aromatic rings. The lowest BCUT2D eigenvalue weighted by molar-refractivity contribution is -0.123. The lowest BCUT2D eigenvalue weighted by Crippen LogP contribution is -2.42. The largest absolute Gasteiger partial charge is 0.353 e. The third kappa shape index (κ3) is 1.92. The molecule has 0 saturated heterocycles. The fraction of sp³-hybridized carbons (Fsp3) is 0.714. The first-order valence-electron chi connectivity index (χ1n) is 3.63. The van der Waals surface area contributed by atoms with Gasteiger partial charge in [-0.1, -0.05) is 0 Å². The molecule has 60 valence electrons. The Bertz CT molecular complexity index is 202. The third-order valence-corrected chi connectivity index (χ3v) is 1.76. The van der Waals surface area contributed by atoms with Gasteiger partial charge in [0.25, 0.3) is 0 Å². The summed E-state index contributed by atoms with van der Waals surface area (Å²) in [5.41, 5.74) is 4.98. The van der Waals surface area contributed by atoms with E-state index in [4.69, 9.17) is 11.0 Å². The van der Waals surface area contributed by atoms with Crippen LogP contribution in [0.25, 0.3) is 0 Å². The molecular weight excluding hydrogens is 142 g/mol. The number of amides is 1. The predicted molar refractivity (Wildman–Crippen MR) is 39.4 cm³/mol. The van der Waals surface area contributed by atoms with Crippen LogP contribution < -0.4 is 11.1 Å². The number of rotatable bonds is 3. The summed E-state index contributed by atoms with van der Waals surface area (Å²) in [6, 6.07) is 1.94. The van der Waals surface area contributed by atoms with Gasteiger partial charge in [0.15, 0.2) is 0 Å². The van der Waals surface area contributed by atoms with E-state index in [0.717, 1.165) is 12.8 Å². The average molecular weight is 153 g/mol. The summed E-state index contributed by atoms with van der Waals surface area (Å²) in [4.78, 5) is 11.1. The van der Waals surface area contributed by atoms with Crippen LogP contribution in [0.5, 0.6) is 0 Å². The average Bonchev–Trinajstić information content (AvgIpc) is 2.70. The molecule has 0 unspecified atom stereocenters. The fourth-order valence-electron chi connectivity index (χ4n) is 0.770. The molecule has 1 aliphatic rings. The number of hydrogen-bond donors (Lipinski definition) is 2. The molecule has 0 bridgehead atoms. The number of nitrogens with two attached hydrogens (primary N) is 1. The maximum absolute atomic E-state index is 11.1. The van der Waals surface area contributed by atoms with Crippen molar-refractivity contribution in [1.29, 1.82) is 5.26 Å². The summed E-state index contributed by atoms with van der Waals surface area (Å²) < 4.78 is 0. The molecular formula is C7H11N3O. The number of hydrogen-bond acceptors (Lipinski definition) is 3. The van der Waals surface area contributed by atoms with Gasteiger partial charge < -0.3 is 11.1 Å². The lowest BCUT2D eigenvalue weighted by Gasteiger charge is -2.07. The monoisotopic (exact) mass is 153 g/mol.